The first-order valence-electron chi connectivity index (χ1n) is 9.83. The minimum Gasteiger partial charge on any atom is -0.493 e. The number of amides is 2. The van der Waals surface area contributed by atoms with E-state index in [1.54, 1.807) is 29.2 Å². The van der Waals surface area contributed by atoms with Crippen LogP contribution in [-0.4, -0.2) is 70.7 Å². The standard InChI is InChI=1S/C22H25N3O7/c1-28-18-12-16(13-19(29-2)20(18)30-3)21(26)24-23-14-15-5-4-6-17(11-15)32-22(27)25-7-9-31-10-8-25/h4-6,11-14H,7-10H2,1-3H3,(H,24,26)/b23-14+. The fourth-order valence-corrected chi connectivity index (χ4v) is 3.01. The van der Waals surface area contributed by atoms with Gasteiger partial charge in [0.15, 0.2) is 11.5 Å². The van der Waals surface area contributed by atoms with Crippen LogP contribution < -0.4 is 24.4 Å². The first-order chi connectivity index (χ1) is 15.5. The Balaban J connectivity index is 1.64. The lowest BCUT2D eigenvalue weighted by molar-refractivity contribution is 0.0416. The van der Waals surface area contributed by atoms with Crippen LogP contribution >= 0.6 is 0 Å². The summed E-state index contributed by atoms with van der Waals surface area (Å²) in [7, 11) is 4.42. The van der Waals surface area contributed by atoms with Crippen LogP contribution in [0.3, 0.4) is 0 Å². The summed E-state index contributed by atoms with van der Waals surface area (Å²) in [5.74, 6) is 1.02. The van der Waals surface area contributed by atoms with E-state index in [4.69, 9.17) is 23.7 Å². The number of hydrazone groups is 1. The van der Waals surface area contributed by atoms with Gasteiger partial charge in [-0.15, -0.1) is 0 Å². The smallest absolute Gasteiger partial charge is 0.415 e. The Morgan fingerprint density at radius 2 is 1.72 bits per heavy atom. The van der Waals surface area contributed by atoms with E-state index in [0.717, 1.165) is 0 Å². The molecule has 1 N–H and O–H groups in total. The number of nitrogens with zero attached hydrogens (tertiary/aromatic N) is 2. The van der Waals surface area contributed by atoms with Crippen molar-refractivity contribution in [1.29, 1.82) is 0 Å². The van der Waals surface area contributed by atoms with Gasteiger partial charge >= 0.3 is 6.09 Å². The number of hydrogen-bond donors (Lipinski definition) is 1. The number of morpholine rings is 1. The van der Waals surface area contributed by atoms with Crippen molar-refractivity contribution >= 4 is 18.2 Å². The van der Waals surface area contributed by atoms with Gasteiger partial charge in [-0.2, -0.15) is 5.10 Å². The summed E-state index contributed by atoms with van der Waals surface area (Å²) in [5, 5.41) is 3.98. The molecule has 2 amide bonds. The van der Waals surface area contributed by atoms with Crippen LogP contribution in [0.4, 0.5) is 4.79 Å². The zero-order valence-corrected chi connectivity index (χ0v) is 18.1. The van der Waals surface area contributed by atoms with Crippen LogP contribution in [0, 0.1) is 0 Å². The molecule has 32 heavy (non-hydrogen) atoms. The molecule has 10 heteroatoms. The molecule has 0 aliphatic carbocycles. The molecule has 170 valence electrons. The lowest BCUT2D eigenvalue weighted by Gasteiger charge is -2.25. The van der Waals surface area contributed by atoms with Crippen LogP contribution in [-0.2, 0) is 4.74 Å². The Bertz CT molecular complexity index is 962. The fourth-order valence-electron chi connectivity index (χ4n) is 3.01. The van der Waals surface area contributed by atoms with E-state index in [1.165, 1.54) is 39.7 Å². The number of ether oxygens (including phenoxy) is 5. The predicted octanol–water partition coefficient (Wildman–Crippen LogP) is 2.31. The maximum Gasteiger partial charge on any atom is 0.415 e. The lowest BCUT2D eigenvalue weighted by Crippen LogP contribution is -2.42. The topological polar surface area (TPSA) is 108 Å². The van der Waals surface area contributed by atoms with Crippen molar-refractivity contribution in [2.45, 2.75) is 0 Å². The first kappa shape index (κ1) is 22.9. The Hall–Kier alpha value is -3.79. The van der Waals surface area contributed by atoms with Crippen molar-refractivity contribution < 1.29 is 33.3 Å². The van der Waals surface area contributed by atoms with Crippen molar-refractivity contribution in [3.05, 3.63) is 47.5 Å². The maximum absolute atomic E-state index is 12.5. The number of hydrogen-bond acceptors (Lipinski definition) is 8. The third kappa shape index (κ3) is 5.67. The molecule has 1 aliphatic rings. The summed E-state index contributed by atoms with van der Waals surface area (Å²) in [6, 6.07) is 9.86. The van der Waals surface area contributed by atoms with E-state index in [0.29, 0.717) is 54.9 Å². The molecule has 0 radical (unpaired) electrons. The molecule has 1 saturated heterocycles. The quantitative estimate of drug-likeness (QED) is 0.517. The van der Waals surface area contributed by atoms with E-state index in [9.17, 15) is 9.59 Å². The van der Waals surface area contributed by atoms with Crippen molar-refractivity contribution in [2.24, 2.45) is 5.10 Å². The van der Waals surface area contributed by atoms with Crippen molar-refractivity contribution in [3.8, 4) is 23.0 Å². The summed E-state index contributed by atoms with van der Waals surface area (Å²) in [4.78, 5) is 26.3. The summed E-state index contributed by atoms with van der Waals surface area (Å²) < 4.78 is 26.4. The third-order valence-electron chi connectivity index (χ3n) is 4.64. The van der Waals surface area contributed by atoms with Crippen LogP contribution in [0.1, 0.15) is 15.9 Å². The van der Waals surface area contributed by atoms with Gasteiger partial charge in [0.25, 0.3) is 5.91 Å². The molecular formula is C22H25N3O7. The highest BCUT2D eigenvalue weighted by Crippen LogP contribution is 2.38. The Morgan fingerprint density at radius 3 is 2.34 bits per heavy atom. The summed E-state index contributed by atoms with van der Waals surface area (Å²) in [5.41, 5.74) is 3.37. The van der Waals surface area contributed by atoms with E-state index in [1.807, 2.05) is 0 Å². The average Bonchev–Trinajstić information content (AvgIpc) is 2.83. The van der Waals surface area contributed by atoms with E-state index >= 15 is 0 Å². The van der Waals surface area contributed by atoms with Gasteiger partial charge in [-0.1, -0.05) is 12.1 Å². The van der Waals surface area contributed by atoms with Crippen LogP contribution in [0.2, 0.25) is 0 Å². The van der Waals surface area contributed by atoms with E-state index in [-0.39, 0.29) is 5.56 Å². The minimum absolute atomic E-state index is 0.282. The van der Waals surface area contributed by atoms with Gasteiger partial charge in [-0.25, -0.2) is 10.2 Å². The normalized spacial score (nSPS) is 13.5. The van der Waals surface area contributed by atoms with Crippen LogP contribution in [0.15, 0.2) is 41.5 Å². The van der Waals surface area contributed by atoms with E-state index < -0.39 is 12.0 Å². The SMILES string of the molecule is COc1cc(C(=O)N/N=C/c2cccc(OC(=O)N3CCOCC3)c2)cc(OC)c1OC. The Kier molecular flexibility index (Phi) is 7.87. The molecule has 2 aromatic carbocycles. The summed E-state index contributed by atoms with van der Waals surface area (Å²) in [6.45, 7) is 1.97. The molecule has 0 aromatic heterocycles. The number of nitrogens with one attached hydrogen (secondary N) is 1. The summed E-state index contributed by atoms with van der Waals surface area (Å²) in [6.07, 6.45) is 1.01. The molecule has 1 fully saturated rings. The molecule has 0 atom stereocenters. The van der Waals surface area contributed by atoms with E-state index in [2.05, 4.69) is 10.5 Å². The van der Waals surface area contributed by atoms with Crippen LogP contribution in [0.25, 0.3) is 0 Å². The van der Waals surface area contributed by atoms with Gasteiger partial charge in [0.05, 0.1) is 40.8 Å². The molecule has 1 aliphatic heterocycles. The fraction of sp³-hybridized carbons (Fsp3) is 0.318. The van der Waals surface area contributed by atoms with Gasteiger partial charge < -0.3 is 28.6 Å². The highest BCUT2D eigenvalue weighted by Gasteiger charge is 2.19. The van der Waals surface area contributed by atoms with Gasteiger partial charge in [-0.3, -0.25) is 4.79 Å². The Labute approximate surface area is 185 Å². The zero-order valence-electron chi connectivity index (χ0n) is 18.1. The van der Waals surface area contributed by atoms with Crippen molar-refractivity contribution in [2.75, 3.05) is 47.6 Å². The molecule has 0 saturated carbocycles. The minimum atomic E-state index is -0.463. The highest BCUT2D eigenvalue weighted by molar-refractivity contribution is 5.96. The monoisotopic (exact) mass is 443 g/mol. The first-order valence-corrected chi connectivity index (χ1v) is 9.83. The summed E-state index contributed by atoms with van der Waals surface area (Å²) >= 11 is 0. The number of carbonyl (C=O) groups is 2. The molecule has 0 spiro atoms. The van der Waals surface area contributed by atoms with Gasteiger partial charge in [-0.05, 0) is 29.8 Å². The lowest BCUT2D eigenvalue weighted by atomic mass is 10.1. The molecule has 0 bridgehead atoms. The second-order valence-corrected chi connectivity index (χ2v) is 6.65. The molecule has 1 heterocycles. The number of methoxy groups -OCH3 is 3. The Morgan fingerprint density at radius 1 is 1.03 bits per heavy atom. The number of rotatable bonds is 7. The molecule has 3 rings (SSSR count). The van der Waals surface area contributed by atoms with Gasteiger partial charge in [0.2, 0.25) is 5.75 Å². The van der Waals surface area contributed by atoms with Crippen LogP contribution in [0.5, 0.6) is 23.0 Å². The average molecular weight is 443 g/mol. The maximum atomic E-state index is 12.5. The molecule has 2 aromatic rings. The van der Waals surface area contributed by atoms with Crippen molar-refractivity contribution in [1.82, 2.24) is 10.3 Å². The zero-order chi connectivity index (χ0) is 22.9. The second-order valence-electron chi connectivity index (χ2n) is 6.65. The number of benzene rings is 2. The van der Waals surface area contributed by atoms with Gasteiger partial charge in [0, 0.05) is 18.7 Å². The van der Waals surface area contributed by atoms with Crippen molar-refractivity contribution in [3.63, 3.8) is 0 Å². The third-order valence-corrected chi connectivity index (χ3v) is 4.64. The second kappa shape index (κ2) is 11.0. The molecule has 10 nitrogen and oxygen atoms in total. The molecule has 0 unspecified atom stereocenters. The highest BCUT2D eigenvalue weighted by atomic mass is 16.6. The number of carbonyl (C=O) groups excluding carboxylic acids is 2. The molecular weight excluding hydrogens is 418 g/mol. The predicted molar refractivity (Wildman–Crippen MR) is 116 cm³/mol. The van der Waals surface area contributed by atoms with Gasteiger partial charge in [0.1, 0.15) is 5.75 Å². The largest absolute Gasteiger partial charge is 0.493 e.